The topological polar surface area (TPSA) is 50.1 Å². The summed E-state index contributed by atoms with van der Waals surface area (Å²) >= 11 is 0. The first-order valence-corrected chi connectivity index (χ1v) is 27.8. The van der Waals surface area contributed by atoms with Gasteiger partial charge in [0.1, 0.15) is 0 Å². The van der Waals surface area contributed by atoms with E-state index < -0.39 is 0 Å². The third kappa shape index (κ3) is 6.73. The van der Waals surface area contributed by atoms with Crippen molar-refractivity contribution in [2.45, 2.75) is 62.4 Å². The number of rotatable bonds is 7. The lowest BCUT2D eigenvalue weighted by molar-refractivity contribution is 0.419. The third-order valence-electron chi connectivity index (χ3n) is 18.3. The summed E-state index contributed by atoms with van der Waals surface area (Å²) < 4.78 is 2.44. The van der Waals surface area contributed by atoms with Crippen molar-refractivity contribution in [2.24, 2.45) is 0 Å². The number of aromatic nitrogens is 4. The van der Waals surface area contributed by atoms with Crippen LogP contribution < -0.4 is 9.80 Å². The maximum absolute atomic E-state index is 5.35. The van der Waals surface area contributed by atoms with Crippen LogP contribution in [0.2, 0.25) is 0 Å². The minimum absolute atomic E-state index is 0.0163. The maximum atomic E-state index is 5.35. The van der Waals surface area contributed by atoms with Crippen molar-refractivity contribution in [3.05, 3.63) is 276 Å². The molecular weight excluding hydrogens is 961 g/mol. The molecule has 0 saturated carbocycles. The van der Waals surface area contributed by atoms with Gasteiger partial charge in [-0.15, -0.1) is 0 Å². The summed E-state index contributed by atoms with van der Waals surface area (Å²) in [5, 5.41) is 2.46. The standard InChI is InChI=1S/C73H56N6/c1-72(2)59-31-19-17-29-53(59)67-65(72)57-43-49(35-39-63(57)78(67)52-27-15-8-16-28-52)47-33-37-61-55(41-47)56-42-48(34-38-62(56)77(61)51-25-13-7-14-26-51)50-36-40-64-58(44-50)66-68(54-30-18-20-32-60(54)73(66,3)4)79(64)71-75-69(45-21-9-5-10-22-45)74-70(76-71)46-23-11-6-12-24-46/h5-44,65-68H,1-4H3. The highest BCUT2D eigenvalue weighted by molar-refractivity contribution is 6.12. The fourth-order valence-corrected chi connectivity index (χ4v) is 14.8. The van der Waals surface area contributed by atoms with Gasteiger partial charge in [0.05, 0.1) is 23.1 Å². The molecule has 12 aromatic rings. The molecule has 79 heavy (non-hydrogen) atoms. The number of hydrogen-bond donors (Lipinski definition) is 0. The second-order valence-corrected chi connectivity index (χ2v) is 23.2. The lowest BCUT2D eigenvalue weighted by atomic mass is 9.74. The Morgan fingerprint density at radius 3 is 1.22 bits per heavy atom. The Labute approximate surface area is 461 Å². The van der Waals surface area contributed by atoms with Crippen molar-refractivity contribution in [3.63, 3.8) is 0 Å². The van der Waals surface area contributed by atoms with Gasteiger partial charge in [0.25, 0.3) is 0 Å². The summed E-state index contributed by atoms with van der Waals surface area (Å²) in [6.45, 7) is 9.74. The molecule has 2 aromatic heterocycles. The monoisotopic (exact) mass is 1020 g/mol. The van der Waals surface area contributed by atoms with Crippen LogP contribution in [0.1, 0.15) is 85.0 Å². The molecular formula is C73H56N6. The predicted octanol–water partition coefficient (Wildman–Crippen LogP) is 18.2. The SMILES string of the molecule is CC1(C)c2ccccc2C2C1c1cc(-c3ccc4c(c3)c3cc(-c5ccc6c(c5)C5C(c7ccccc7C5(C)C)N6c5nc(-c6ccccc6)nc(-c6ccccc6)n5)ccc3n4-c3ccccc3)ccc1N2c1ccccc1. The third-order valence-corrected chi connectivity index (χ3v) is 18.3. The summed E-state index contributed by atoms with van der Waals surface area (Å²) in [5.74, 6) is 2.40. The molecule has 4 atom stereocenters. The quantitative estimate of drug-likeness (QED) is 0.159. The lowest BCUT2D eigenvalue weighted by Crippen LogP contribution is -2.26. The minimum Gasteiger partial charge on any atom is -0.333 e. The highest BCUT2D eigenvalue weighted by Crippen LogP contribution is 2.66. The molecule has 2 aliphatic heterocycles. The van der Waals surface area contributed by atoms with Crippen LogP contribution in [0.25, 0.3) is 72.5 Å². The summed E-state index contributed by atoms with van der Waals surface area (Å²) in [6, 6.07) is 89.3. The molecule has 0 spiro atoms. The predicted molar refractivity (Wildman–Crippen MR) is 323 cm³/mol. The van der Waals surface area contributed by atoms with Gasteiger partial charge in [-0.2, -0.15) is 9.97 Å². The van der Waals surface area contributed by atoms with Gasteiger partial charge in [-0.1, -0.05) is 198 Å². The van der Waals surface area contributed by atoms with Crippen LogP contribution in [0, 0.1) is 0 Å². The molecule has 10 aromatic carbocycles. The van der Waals surface area contributed by atoms with Crippen molar-refractivity contribution in [1.82, 2.24) is 19.5 Å². The number of nitrogens with zero attached hydrogens (tertiary/aromatic N) is 6. The Morgan fingerprint density at radius 1 is 0.329 bits per heavy atom. The number of anilines is 4. The van der Waals surface area contributed by atoms with Crippen LogP contribution in [0.4, 0.5) is 23.0 Å². The Kier molecular flexibility index (Phi) is 9.88. The summed E-state index contributed by atoms with van der Waals surface area (Å²) in [4.78, 5) is 20.8. The Balaban J connectivity index is 0.850. The molecule has 0 fully saturated rings. The van der Waals surface area contributed by atoms with Crippen LogP contribution in [0.15, 0.2) is 243 Å². The number of fused-ring (bicyclic) bond motifs is 13. The summed E-state index contributed by atoms with van der Waals surface area (Å²) in [7, 11) is 0. The van der Waals surface area contributed by atoms with E-state index in [1.54, 1.807) is 0 Å². The van der Waals surface area contributed by atoms with E-state index >= 15 is 0 Å². The van der Waals surface area contributed by atoms with E-state index in [0.717, 1.165) is 22.5 Å². The molecule has 4 aliphatic rings. The van der Waals surface area contributed by atoms with Crippen molar-refractivity contribution in [3.8, 4) is 50.7 Å². The van der Waals surface area contributed by atoms with Gasteiger partial charge in [0.15, 0.2) is 11.6 Å². The Morgan fingerprint density at radius 2 is 0.722 bits per heavy atom. The zero-order valence-corrected chi connectivity index (χ0v) is 44.6. The highest BCUT2D eigenvalue weighted by Gasteiger charge is 2.56. The molecule has 6 nitrogen and oxygen atoms in total. The van der Waals surface area contributed by atoms with Crippen molar-refractivity contribution < 1.29 is 0 Å². The summed E-state index contributed by atoms with van der Waals surface area (Å²) in [5.41, 5.74) is 22.0. The lowest BCUT2D eigenvalue weighted by Gasteiger charge is -2.30. The number of benzene rings is 10. The van der Waals surface area contributed by atoms with Gasteiger partial charge < -0.3 is 14.4 Å². The van der Waals surface area contributed by atoms with E-state index in [9.17, 15) is 0 Å². The molecule has 0 amide bonds. The molecule has 0 bridgehead atoms. The molecule has 378 valence electrons. The first-order valence-electron chi connectivity index (χ1n) is 27.8. The minimum atomic E-state index is -0.180. The molecule has 4 unspecified atom stereocenters. The van der Waals surface area contributed by atoms with E-state index in [-0.39, 0.29) is 28.8 Å². The number of hydrogen-bond acceptors (Lipinski definition) is 5. The van der Waals surface area contributed by atoms with Gasteiger partial charge in [-0.25, -0.2) is 4.98 Å². The smallest absolute Gasteiger partial charge is 0.234 e. The van der Waals surface area contributed by atoms with Crippen LogP contribution in [0.3, 0.4) is 0 Å². The first kappa shape index (κ1) is 45.8. The first-order chi connectivity index (χ1) is 38.7. The average molecular weight is 1020 g/mol. The zero-order chi connectivity index (χ0) is 52.7. The maximum Gasteiger partial charge on any atom is 0.234 e. The van der Waals surface area contributed by atoms with Crippen LogP contribution in [0.5, 0.6) is 0 Å². The van der Waals surface area contributed by atoms with E-state index in [1.807, 2.05) is 36.4 Å². The van der Waals surface area contributed by atoms with E-state index in [2.05, 4.69) is 248 Å². The molecule has 2 aliphatic carbocycles. The van der Waals surface area contributed by atoms with Crippen molar-refractivity contribution >= 4 is 44.8 Å². The summed E-state index contributed by atoms with van der Waals surface area (Å²) in [6.07, 6.45) is 0. The second kappa shape index (κ2) is 17.1. The largest absolute Gasteiger partial charge is 0.333 e. The van der Waals surface area contributed by atoms with Gasteiger partial charge in [0.2, 0.25) is 5.95 Å². The van der Waals surface area contributed by atoms with Crippen molar-refractivity contribution in [2.75, 3.05) is 9.80 Å². The molecule has 4 heterocycles. The normalized spacial score (nSPS) is 18.8. The van der Waals surface area contributed by atoms with Gasteiger partial charge in [-0.05, 0) is 139 Å². The Bertz CT molecular complexity index is 4350. The fraction of sp³-hybridized carbons (Fsp3) is 0.137. The van der Waals surface area contributed by atoms with E-state index in [1.165, 1.54) is 88.8 Å². The molecule has 0 N–H and O–H groups in total. The van der Waals surface area contributed by atoms with Crippen LogP contribution >= 0.6 is 0 Å². The molecule has 6 heteroatoms. The second-order valence-electron chi connectivity index (χ2n) is 23.2. The average Bonchev–Trinajstić information content (AvgIpc) is 4.39. The van der Waals surface area contributed by atoms with Gasteiger partial charge in [-0.3, -0.25) is 0 Å². The van der Waals surface area contributed by atoms with Gasteiger partial charge >= 0.3 is 0 Å². The van der Waals surface area contributed by atoms with E-state index in [0.29, 0.717) is 23.5 Å². The molecule has 16 rings (SSSR count). The van der Waals surface area contributed by atoms with Gasteiger partial charge in [0, 0.05) is 56.5 Å². The van der Waals surface area contributed by atoms with E-state index in [4.69, 9.17) is 15.0 Å². The zero-order valence-electron chi connectivity index (χ0n) is 44.6. The van der Waals surface area contributed by atoms with Crippen molar-refractivity contribution in [1.29, 1.82) is 0 Å². The highest BCUT2D eigenvalue weighted by atomic mass is 15.3. The Hall–Kier alpha value is -9.39. The fourth-order valence-electron chi connectivity index (χ4n) is 14.8. The van der Waals surface area contributed by atoms with Crippen LogP contribution in [-0.4, -0.2) is 19.5 Å². The van der Waals surface area contributed by atoms with Crippen LogP contribution in [-0.2, 0) is 10.8 Å². The number of para-hydroxylation sites is 2. The molecule has 0 saturated heterocycles. The molecule has 0 radical (unpaired) electrons.